The van der Waals surface area contributed by atoms with Crippen LogP contribution >= 0.6 is 20.2 Å². The Morgan fingerprint density at radius 3 is 1.52 bits per heavy atom. The van der Waals surface area contributed by atoms with Crippen LogP contribution in [0.2, 0.25) is 0 Å². The van der Waals surface area contributed by atoms with Crippen LogP contribution in [-0.2, 0) is 81.7 Å². The number of nitrogens with two attached hydrogens (primary N) is 3. The van der Waals surface area contributed by atoms with Crippen LogP contribution in [0.5, 0.6) is 0 Å². The lowest BCUT2D eigenvalue weighted by atomic mass is 9.73. The number of nitrogens with zero attached hydrogens (tertiary/aromatic N) is 12. The minimum absolute atomic E-state index is 0.0765. The molecule has 6 aromatic heterocycles. The van der Waals surface area contributed by atoms with Gasteiger partial charge in [-0.15, -0.1) is 0 Å². The molecule has 3 saturated heterocycles. The highest BCUT2D eigenvalue weighted by atomic mass is 32.5. The molecule has 0 amide bonds. The van der Waals surface area contributed by atoms with Gasteiger partial charge in [-0.05, 0) is 54.7 Å². The molecule has 3 fully saturated rings. The molecule has 0 radical (unpaired) electrons. The number of fused-ring (bicyclic) bond motifs is 3. The predicted octanol–water partition coefficient (Wildman–Crippen LogP) is 3.33. The Morgan fingerprint density at radius 1 is 0.566 bits per heavy atom. The number of rotatable bonds is 28. The third kappa shape index (κ3) is 13.3. The van der Waals surface area contributed by atoms with E-state index in [2.05, 4.69) is 44.9 Å². The molecule has 0 spiro atoms. The molecule has 0 aromatic carbocycles. The second kappa shape index (κ2) is 26.0. The van der Waals surface area contributed by atoms with Crippen LogP contribution in [-0.4, -0.2) is 177 Å². The topological polar surface area (TPSA) is 423 Å². The van der Waals surface area contributed by atoms with Gasteiger partial charge < -0.3 is 84.2 Å². The number of anilines is 3. The maximum Gasteiger partial charge on any atom is 0.325 e. The highest BCUT2D eigenvalue weighted by Gasteiger charge is 2.59. The SMILES string of the molecule is CCCCC[C@@](CC)(COP(O)(=S)O[C@@H]1[C@H](OC)[C@@H](COP(O)(O)=S)O[C@H]1n1cnc2c(N)ncnc21)[C@H]1O[C@@H](n2cnc3c(N)ncnc32)[C@H](OP(O)(=S)OC[C@@](C)(CCCC)[C@H]2O[C@@H](n3cnc4c(N)ncnc43)[C@H](O)[C@@H]2O)[C@@H]1OC. The van der Waals surface area contributed by atoms with Crippen LogP contribution < -0.4 is 17.2 Å². The first-order chi connectivity index (χ1) is 39.4. The van der Waals surface area contributed by atoms with Gasteiger partial charge in [0.1, 0.15) is 78.3 Å². The zero-order valence-electron chi connectivity index (χ0n) is 46.1. The number of nitrogen functional groups attached to an aromatic ring is 3. The summed E-state index contributed by atoms with van der Waals surface area (Å²) < 4.78 is 67.7. The van der Waals surface area contributed by atoms with E-state index >= 15 is 0 Å². The minimum atomic E-state index is -4.40. The van der Waals surface area contributed by atoms with Gasteiger partial charge in [0.15, 0.2) is 53.1 Å². The molecule has 37 heteroatoms. The van der Waals surface area contributed by atoms with Crippen LogP contribution in [0.4, 0.5) is 17.5 Å². The van der Waals surface area contributed by atoms with E-state index in [1.165, 1.54) is 61.3 Å². The van der Waals surface area contributed by atoms with E-state index in [1.54, 1.807) is 11.5 Å². The number of unbranched alkanes of at least 4 members (excludes halogenated alkanes) is 3. The lowest BCUT2D eigenvalue weighted by molar-refractivity contribution is -0.117. The van der Waals surface area contributed by atoms with Gasteiger partial charge in [0, 0.05) is 25.0 Å². The molecule has 6 aromatic rings. The fraction of sp³-hybridized carbons (Fsp3) is 0.674. The molecular formula is C46H70N15O16P3S3. The van der Waals surface area contributed by atoms with Crippen molar-refractivity contribution in [3.63, 3.8) is 0 Å². The summed E-state index contributed by atoms with van der Waals surface area (Å²) in [4.78, 5) is 83.1. The predicted molar refractivity (Wildman–Crippen MR) is 308 cm³/mol. The summed E-state index contributed by atoms with van der Waals surface area (Å²) in [5.41, 5.74) is 17.8. The van der Waals surface area contributed by atoms with Crippen molar-refractivity contribution < 1.29 is 76.1 Å². The van der Waals surface area contributed by atoms with E-state index in [9.17, 15) is 29.8 Å². The van der Waals surface area contributed by atoms with Gasteiger partial charge in [-0.3, -0.25) is 22.7 Å². The molecule has 2 unspecified atom stereocenters. The molecule has 31 nitrogen and oxygen atoms in total. The Bertz CT molecular complexity index is 3370. The number of aliphatic hydroxyl groups is 2. The Labute approximate surface area is 491 Å². The van der Waals surface area contributed by atoms with Gasteiger partial charge in [-0.25, -0.2) is 44.9 Å². The summed E-state index contributed by atoms with van der Waals surface area (Å²) >= 11 is 16.4. The van der Waals surface area contributed by atoms with Crippen molar-refractivity contribution in [3.05, 3.63) is 38.0 Å². The molecule has 83 heavy (non-hydrogen) atoms. The zero-order valence-corrected chi connectivity index (χ0v) is 51.2. The van der Waals surface area contributed by atoms with Crippen molar-refractivity contribution in [2.75, 3.05) is 51.2 Å². The van der Waals surface area contributed by atoms with Crippen molar-refractivity contribution in [2.24, 2.45) is 10.8 Å². The third-order valence-electron chi connectivity index (χ3n) is 15.6. The molecule has 9 rings (SSSR count). The van der Waals surface area contributed by atoms with Gasteiger partial charge >= 0.3 is 20.2 Å². The van der Waals surface area contributed by atoms with Crippen molar-refractivity contribution in [1.82, 2.24) is 58.6 Å². The molecule has 12 N–H and O–H groups in total. The minimum Gasteiger partial charge on any atom is -0.387 e. The van der Waals surface area contributed by atoms with Crippen LogP contribution in [0.3, 0.4) is 0 Å². The van der Waals surface area contributed by atoms with E-state index in [4.69, 9.17) is 98.9 Å². The van der Waals surface area contributed by atoms with E-state index in [-0.39, 0.29) is 64.2 Å². The smallest absolute Gasteiger partial charge is 0.325 e. The number of methoxy groups -OCH3 is 2. The maximum atomic E-state index is 12.4. The summed E-state index contributed by atoms with van der Waals surface area (Å²) in [6, 6.07) is 0. The van der Waals surface area contributed by atoms with Crippen molar-refractivity contribution >= 4 is 107 Å². The number of hydrogen-bond acceptors (Lipinski definition) is 27. The maximum absolute atomic E-state index is 12.4. The van der Waals surface area contributed by atoms with Gasteiger partial charge in [-0.1, -0.05) is 59.8 Å². The summed E-state index contributed by atoms with van der Waals surface area (Å²) in [7, 11) is 2.80. The molecule has 0 saturated carbocycles. The second-order valence-electron chi connectivity index (χ2n) is 20.9. The number of ether oxygens (including phenoxy) is 5. The van der Waals surface area contributed by atoms with E-state index < -0.39 is 111 Å². The zero-order chi connectivity index (χ0) is 59.8. The van der Waals surface area contributed by atoms with Gasteiger partial charge in [0.25, 0.3) is 0 Å². The fourth-order valence-electron chi connectivity index (χ4n) is 11.2. The first-order valence-electron chi connectivity index (χ1n) is 26.6. The number of hydrogen-bond donors (Lipinski definition) is 9. The summed E-state index contributed by atoms with van der Waals surface area (Å²) in [5.74, 6) is 0.280. The average molecular weight is 1280 g/mol. The van der Waals surface area contributed by atoms with Gasteiger partial charge in [0.2, 0.25) is 0 Å². The highest BCUT2D eigenvalue weighted by molar-refractivity contribution is 8.07. The van der Waals surface area contributed by atoms with Crippen molar-refractivity contribution in [1.29, 1.82) is 0 Å². The standard InChI is InChI=1S/C46H70N15O16P3S3/c1-7-10-12-14-46(9-3,17-72-80(67,83)76-32-30(68-5)24(15-70-78(64,65)81)73-43(32)60-22-57-26-37(48)51-19-54-40(26)60)35-31(69-6)33(44(75-35)61-23-58-27-38(49)52-20-55-41(27)61)77-79(66,82)71-16-45(4,13-11-8-2)34-28(62)29(63)42(74-34)59-21-56-25-36(47)50-18-53-39(25)59/h18-24,28-35,42-44,62-63H,7-17H2,1-6H3,(H,66,82)(H,67,83)(H2,47,50,53)(H2,48,51,54)(H2,49,52,55)(H2,64,65,81)/t24-,28+,29-,30-,31+,32-,33-,34+,35+,42-,43-,44-,45-,46+,79?,80?/m1/s1. The summed E-state index contributed by atoms with van der Waals surface area (Å²) in [6.45, 7) is -6.31. The normalized spacial score (nSPS) is 28.9. The molecule has 3 aliphatic rings. The average Bonchev–Trinajstić information content (AvgIpc) is 3.33. The molecule has 0 bridgehead atoms. The molecular weight excluding hydrogens is 1210 g/mol. The number of aromatic nitrogens is 12. The van der Waals surface area contributed by atoms with Gasteiger partial charge in [0.05, 0.1) is 51.0 Å². The largest absolute Gasteiger partial charge is 0.387 e. The summed E-state index contributed by atoms with van der Waals surface area (Å²) in [6.07, 6.45) is -1.67. The van der Waals surface area contributed by atoms with Crippen molar-refractivity contribution in [2.45, 2.75) is 153 Å². The first-order valence-corrected chi connectivity index (χ1v) is 34.4. The molecule has 9 heterocycles. The van der Waals surface area contributed by atoms with E-state index in [1.807, 2.05) is 20.8 Å². The summed E-state index contributed by atoms with van der Waals surface area (Å²) in [5, 5.41) is 23.3. The lowest BCUT2D eigenvalue weighted by Crippen LogP contribution is -2.48. The van der Waals surface area contributed by atoms with Crippen molar-refractivity contribution in [3.8, 4) is 0 Å². The lowest BCUT2D eigenvalue weighted by Gasteiger charge is -2.41. The van der Waals surface area contributed by atoms with Gasteiger partial charge in [-0.2, -0.15) is 0 Å². The van der Waals surface area contributed by atoms with E-state index in [0.29, 0.717) is 32.1 Å². The van der Waals surface area contributed by atoms with Crippen LogP contribution in [0.25, 0.3) is 33.5 Å². The Balaban J connectivity index is 1.01. The highest BCUT2D eigenvalue weighted by Crippen LogP contribution is 2.58. The fourth-order valence-corrected chi connectivity index (χ4v) is 14.7. The monoisotopic (exact) mass is 1280 g/mol. The molecule has 3 aliphatic heterocycles. The Morgan fingerprint density at radius 2 is 1.04 bits per heavy atom. The van der Waals surface area contributed by atoms with E-state index in [0.717, 1.165) is 19.3 Å². The number of imidazole rings is 3. The third-order valence-corrected chi connectivity index (χ3v) is 19.5. The molecule has 0 aliphatic carbocycles. The number of aliphatic hydroxyl groups excluding tert-OH is 2. The van der Waals surface area contributed by atoms with Crippen LogP contribution in [0, 0.1) is 10.8 Å². The first kappa shape index (κ1) is 63.9. The Hall–Kier alpha value is -3.64. The molecule has 16 atom stereocenters. The Kier molecular flexibility index (Phi) is 20.0. The van der Waals surface area contributed by atoms with Crippen LogP contribution in [0.1, 0.15) is 97.7 Å². The quantitative estimate of drug-likeness (QED) is 0.0251. The second-order valence-corrected chi connectivity index (χ2v) is 29.2. The molecule has 458 valence electrons. The van der Waals surface area contributed by atoms with Crippen LogP contribution in [0.15, 0.2) is 38.0 Å².